The fourth-order valence-electron chi connectivity index (χ4n) is 1.82. The highest BCUT2D eigenvalue weighted by atomic mass is 32.2. The fourth-order valence-corrected chi connectivity index (χ4v) is 2.39. The number of anilines is 1. The van der Waals surface area contributed by atoms with Gasteiger partial charge in [-0.25, -0.2) is 0 Å². The topological polar surface area (TPSA) is 80.9 Å². The molecule has 1 aromatic carbocycles. The van der Waals surface area contributed by atoms with E-state index in [1.807, 2.05) is 43.3 Å². The van der Waals surface area contributed by atoms with Crippen LogP contribution in [-0.4, -0.2) is 26.8 Å². The van der Waals surface area contributed by atoms with E-state index in [1.165, 1.54) is 11.8 Å². The summed E-state index contributed by atoms with van der Waals surface area (Å²) in [5.74, 6) is 0.404. The molecule has 6 nitrogen and oxygen atoms in total. The lowest BCUT2D eigenvalue weighted by atomic mass is 10.2. The summed E-state index contributed by atoms with van der Waals surface area (Å²) in [4.78, 5) is 16.0. The molecule has 3 aromatic rings. The maximum Gasteiger partial charge on any atom is 0.277 e. The third-order valence-electron chi connectivity index (χ3n) is 2.95. The Labute approximate surface area is 137 Å². The van der Waals surface area contributed by atoms with Crippen molar-refractivity contribution in [3.8, 4) is 11.6 Å². The second-order valence-electron chi connectivity index (χ2n) is 4.79. The molecule has 0 unspecified atom stereocenters. The molecule has 7 heteroatoms. The van der Waals surface area contributed by atoms with Gasteiger partial charge in [-0.1, -0.05) is 35.5 Å². The highest BCUT2D eigenvalue weighted by molar-refractivity contribution is 7.99. The zero-order valence-corrected chi connectivity index (χ0v) is 13.2. The number of rotatable bonds is 5. The van der Waals surface area contributed by atoms with Gasteiger partial charge in [-0.2, -0.15) is 0 Å². The highest BCUT2D eigenvalue weighted by Gasteiger charge is 2.11. The largest absolute Gasteiger partial charge is 0.410 e. The SMILES string of the molecule is Cc1ccc(NC(=O)CSc2nnc(-c3ccccn3)o2)cc1. The van der Waals surface area contributed by atoms with Gasteiger partial charge >= 0.3 is 0 Å². The van der Waals surface area contributed by atoms with Gasteiger partial charge in [0.25, 0.3) is 11.1 Å². The predicted molar refractivity (Wildman–Crippen MR) is 88.1 cm³/mol. The van der Waals surface area contributed by atoms with Crippen LogP contribution in [0.25, 0.3) is 11.6 Å². The number of nitrogens with one attached hydrogen (secondary N) is 1. The number of carbonyl (C=O) groups excluding carboxylic acids is 1. The standard InChI is InChI=1S/C16H14N4O2S/c1-11-5-7-12(8-6-11)18-14(21)10-23-16-20-19-15(22-16)13-4-2-3-9-17-13/h2-9H,10H2,1H3,(H,18,21). The van der Waals surface area contributed by atoms with Crippen molar-refractivity contribution in [2.24, 2.45) is 0 Å². The summed E-state index contributed by atoms with van der Waals surface area (Å²) in [5, 5.41) is 11.0. The van der Waals surface area contributed by atoms with Gasteiger partial charge in [0.2, 0.25) is 5.91 Å². The minimum absolute atomic E-state index is 0.128. The number of hydrogen-bond donors (Lipinski definition) is 1. The average Bonchev–Trinajstić information content (AvgIpc) is 3.05. The number of nitrogens with zero attached hydrogens (tertiary/aromatic N) is 3. The molecule has 0 aliphatic rings. The van der Waals surface area contributed by atoms with Crippen LogP contribution in [-0.2, 0) is 4.79 Å². The van der Waals surface area contributed by atoms with Crippen LogP contribution in [0.3, 0.4) is 0 Å². The van der Waals surface area contributed by atoms with Crippen LogP contribution >= 0.6 is 11.8 Å². The number of aromatic nitrogens is 3. The van der Waals surface area contributed by atoms with E-state index in [4.69, 9.17) is 4.42 Å². The Morgan fingerprint density at radius 3 is 2.74 bits per heavy atom. The van der Waals surface area contributed by atoms with E-state index < -0.39 is 0 Å². The van der Waals surface area contributed by atoms with Crippen LogP contribution < -0.4 is 5.32 Å². The number of carbonyl (C=O) groups is 1. The second-order valence-corrected chi connectivity index (χ2v) is 5.72. The van der Waals surface area contributed by atoms with Crippen LogP contribution in [0.4, 0.5) is 5.69 Å². The van der Waals surface area contributed by atoms with Crippen molar-refractivity contribution in [1.29, 1.82) is 0 Å². The van der Waals surface area contributed by atoms with E-state index in [2.05, 4.69) is 20.5 Å². The molecular formula is C16H14N4O2S. The van der Waals surface area contributed by atoms with Gasteiger partial charge < -0.3 is 9.73 Å². The molecule has 1 N–H and O–H groups in total. The maximum absolute atomic E-state index is 11.9. The van der Waals surface area contributed by atoms with Crippen molar-refractivity contribution in [2.45, 2.75) is 12.1 Å². The Hall–Kier alpha value is -2.67. The first-order valence-electron chi connectivity index (χ1n) is 6.95. The van der Waals surface area contributed by atoms with Crippen LogP contribution in [0, 0.1) is 6.92 Å². The summed E-state index contributed by atoms with van der Waals surface area (Å²) in [5.41, 5.74) is 2.52. The zero-order valence-electron chi connectivity index (χ0n) is 12.4. The lowest BCUT2D eigenvalue weighted by Crippen LogP contribution is -2.13. The summed E-state index contributed by atoms with van der Waals surface area (Å²) >= 11 is 1.19. The summed E-state index contributed by atoms with van der Waals surface area (Å²) in [7, 11) is 0. The lowest BCUT2D eigenvalue weighted by molar-refractivity contribution is -0.113. The zero-order chi connectivity index (χ0) is 16.1. The van der Waals surface area contributed by atoms with Gasteiger partial charge in [0.1, 0.15) is 5.69 Å². The van der Waals surface area contributed by atoms with E-state index in [0.29, 0.717) is 16.8 Å². The number of amides is 1. The van der Waals surface area contributed by atoms with Crippen molar-refractivity contribution in [1.82, 2.24) is 15.2 Å². The first kappa shape index (κ1) is 15.2. The quantitative estimate of drug-likeness (QED) is 0.725. The molecule has 116 valence electrons. The lowest BCUT2D eigenvalue weighted by Gasteiger charge is -2.03. The normalized spacial score (nSPS) is 10.5. The van der Waals surface area contributed by atoms with E-state index in [-0.39, 0.29) is 11.7 Å². The van der Waals surface area contributed by atoms with Crippen molar-refractivity contribution in [3.63, 3.8) is 0 Å². The average molecular weight is 326 g/mol. The predicted octanol–water partition coefficient (Wildman–Crippen LogP) is 3.17. The molecule has 2 aromatic heterocycles. The Bertz CT molecular complexity index is 787. The third-order valence-corrected chi connectivity index (χ3v) is 3.77. The minimum atomic E-state index is -0.128. The molecule has 0 aliphatic carbocycles. The van der Waals surface area contributed by atoms with E-state index >= 15 is 0 Å². The van der Waals surface area contributed by atoms with Gasteiger partial charge in [0, 0.05) is 11.9 Å². The molecule has 0 bridgehead atoms. The Morgan fingerprint density at radius 2 is 2.00 bits per heavy atom. The van der Waals surface area contributed by atoms with Gasteiger partial charge in [-0.15, -0.1) is 10.2 Å². The first-order chi connectivity index (χ1) is 11.2. The molecule has 0 saturated carbocycles. The van der Waals surface area contributed by atoms with Gasteiger partial charge in [-0.05, 0) is 31.2 Å². The van der Waals surface area contributed by atoms with Crippen LogP contribution in [0.5, 0.6) is 0 Å². The second kappa shape index (κ2) is 7.06. The summed E-state index contributed by atoms with van der Waals surface area (Å²) in [6.45, 7) is 2.00. The molecule has 0 spiro atoms. The first-order valence-corrected chi connectivity index (χ1v) is 7.93. The number of hydrogen-bond acceptors (Lipinski definition) is 6. The maximum atomic E-state index is 11.9. The Kier molecular flexibility index (Phi) is 4.68. The molecule has 0 radical (unpaired) electrons. The van der Waals surface area contributed by atoms with Crippen molar-refractivity contribution in [3.05, 3.63) is 54.2 Å². The van der Waals surface area contributed by atoms with Gasteiger partial charge in [0.05, 0.1) is 5.75 Å². The number of benzene rings is 1. The number of pyridine rings is 1. The Balaban J connectivity index is 1.55. The van der Waals surface area contributed by atoms with Crippen LogP contribution in [0.1, 0.15) is 5.56 Å². The molecule has 23 heavy (non-hydrogen) atoms. The monoisotopic (exact) mass is 326 g/mol. The molecule has 1 amide bonds. The summed E-state index contributed by atoms with van der Waals surface area (Å²) in [6, 6.07) is 13.1. The minimum Gasteiger partial charge on any atom is -0.410 e. The van der Waals surface area contributed by atoms with Crippen molar-refractivity contribution >= 4 is 23.4 Å². The van der Waals surface area contributed by atoms with Crippen LogP contribution in [0.2, 0.25) is 0 Å². The van der Waals surface area contributed by atoms with E-state index in [0.717, 1.165) is 11.3 Å². The van der Waals surface area contributed by atoms with E-state index in [1.54, 1.807) is 12.3 Å². The molecular weight excluding hydrogens is 312 g/mol. The molecule has 0 aliphatic heterocycles. The molecule has 0 atom stereocenters. The van der Waals surface area contributed by atoms with Gasteiger partial charge in [0.15, 0.2) is 0 Å². The molecule has 0 saturated heterocycles. The fraction of sp³-hybridized carbons (Fsp3) is 0.125. The van der Waals surface area contributed by atoms with Crippen molar-refractivity contribution in [2.75, 3.05) is 11.1 Å². The summed E-state index contributed by atoms with van der Waals surface area (Å²) < 4.78 is 5.48. The number of aryl methyl sites for hydroxylation is 1. The third kappa shape index (κ3) is 4.17. The van der Waals surface area contributed by atoms with E-state index in [9.17, 15) is 4.79 Å². The van der Waals surface area contributed by atoms with Crippen molar-refractivity contribution < 1.29 is 9.21 Å². The van der Waals surface area contributed by atoms with Gasteiger partial charge in [-0.3, -0.25) is 9.78 Å². The van der Waals surface area contributed by atoms with Crippen LogP contribution in [0.15, 0.2) is 58.3 Å². The molecule has 3 rings (SSSR count). The molecule has 0 fully saturated rings. The Morgan fingerprint density at radius 1 is 1.17 bits per heavy atom. The summed E-state index contributed by atoms with van der Waals surface area (Å²) in [6.07, 6.45) is 1.65. The smallest absolute Gasteiger partial charge is 0.277 e. The highest BCUT2D eigenvalue weighted by Crippen LogP contribution is 2.21. The number of thioether (sulfide) groups is 1. The molecule has 2 heterocycles.